The molecular weight excluding hydrogens is 252 g/mol. The van der Waals surface area contributed by atoms with Crippen LogP contribution in [0.15, 0.2) is 24.3 Å². The standard InChI is InChI=1S/C16H24N2O2/c1-4-15-12-18(10-9-17(15)2)11-13-5-7-14(8-6-13)16(19)20-3/h5-8,15H,4,9-12H2,1-3H3. The molecule has 1 unspecified atom stereocenters. The summed E-state index contributed by atoms with van der Waals surface area (Å²) in [5.74, 6) is -0.276. The van der Waals surface area contributed by atoms with Crippen LogP contribution in [0.5, 0.6) is 0 Å². The SMILES string of the molecule is CCC1CN(Cc2ccc(C(=O)OC)cc2)CCN1C. The molecule has 0 saturated carbocycles. The van der Waals surface area contributed by atoms with Gasteiger partial charge in [0.2, 0.25) is 0 Å². The molecule has 0 amide bonds. The molecule has 1 aliphatic rings. The maximum absolute atomic E-state index is 11.4. The number of hydrogen-bond acceptors (Lipinski definition) is 4. The van der Waals surface area contributed by atoms with E-state index in [1.807, 2.05) is 24.3 Å². The first-order valence-corrected chi connectivity index (χ1v) is 7.24. The van der Waals surface area contributed by atoms with E-state index in [-0.39, 0.29) is 5.97 Å². The molecule has 1 aromatic carbocycles. The van der Waals surface area contributed by atoms with Crippen molar-refractivity contribution in [1.82, 2.24) is 9.80 Å². The average molecular weight is 276 g/mol. The zero-order chi connectivity index (χ0) is 14.5. The van der Waals surface area contributed by atoms with Crippen molar-refractivity contribution < 1.29 is 9.53 Å². The fourth-order valence-electron chi connectivity index (χ4n) is 2.72. The van der Waals surface area contributed by atoms with Gasteiger partial charge in [0.05, 0.1) is 12.7 Å². The number of benzene rings is 1. The highest BCUT2D eigenvalue weighted by Gasteiger charge is 2.22. The highest BCUT2D eigenvalue weighted by atomic mass is 16.5. The van der Waals surface area contributed by atoms with E-state index in [1.54, 1.807) is 0 Å². The summed E-state index contributed by atoms with van der Waals surface area (Å²) >= 11 is 0. The van der Waals surface area contributed by atoms with Crippen LogP contribution in [0, 0.1) is 0 Å². The van der Waals surface area contributed by atoms with Crippen molar-refractivity contribution in [2.24, 2.45) is 0 Å². The van der Waals surface area contributed by atoms with Gasteiger partial charge in [0.15, 0.2) is 0 Å². The summed E-state index contributed by atoms with van der Waals surface area (Å²) in [4.78, 5) is 16.3. The second-order valence-corrected chi connectivity index (χ2v) is 5.47. The van der Waals surface area contributed by atoms with Gasteiger partial charge in [-0.1, -0.05) is 19.1 Å². The monoisotopic (exact) mass is 276 g/mol. The number of hydrogen-bond donors (Lipinski definition) is 0. The molecule has 0 bridgehead atoms. The van der Waals surface area contributed by atoms with Gasteiger partial charge in [-0.15, -0.1) is 0 Å². The number of ether oxygens (including phenoxy) is 1. The van der Waals surface area contributed by atoms with Gasteiger partial charge >= 0.3 is 5.97 Å². The molecule has 1 atom stereocenters. The largest absolute Gasteiger partial charge is 0.465 e. The lowest BCUT2D eigenvalue weighted by atomic mass is 10.1. The van der Waals surface area contributed by atoms with Gasteiger partial charge in [0.25, 0.3) is 0 Å². The lowest BCUT2D eigenvalue weighted by molar-refractivity contribution is 0.0600. The topological polar surface area (TPSA) is 32.8 Å². The summed E-state index contributed by atoms with van der Waals surface area (Å²) < 4.78 is 4.71. The van der Waals surface area contributed by atoms with E-state index in [0.29, 0.717) is 11.6 Å². The summed E-state index contributed by atoms with van der Waals surface area (Å²) in [7, 11) is 3.61. The number of carbonyl (C=O) groups excluding carboxylic acids is 1. The number of rotatable bonds is 4. The molecule has 1 aliphatic heterocycles. The maximum atomic E-state index is 11.4. The molecule has 0 N–H and O–H groups in total. The van der Waals surface area contributed by atoms with Crippen molar-refractivity contribution in [3.05, 3.63) is 35.4 Å². The lowest BCUT2D eigenvalue weighted by Gasteiger charge is -2.39. The minimum atomic E-state index is -0.276. The smallest absolute Gasteiger partial charge is 0.337 e. The van der Waals surface area contributed by atoms with E-state index in [4.69, 9.17) is 4.74 Å². The fraction of sp³-hybridized carbons (Fsp3) is 0.562. The van der Waals surface area contributed by atoms with Gasteiger partial charge in [0.1, 0.15) is 0 Å². The third-order valence-electron chi connectivity index (χ3n) is 4.11. The summed E-state index contributed by atoms with van der Waals surface area (Å²) in [5, 5.41) is 0. The van der Waals surface area contributed by atoms with Crippen LogP contribution in [0.4, 0.5) is 0 Å². The molecular formula is C16H24N2O2. The Morgan fingerprint density at radius 3 is 2.60 bits per heavy atom. The molecule has 1 fully saturated rings. The van der Waals surface area contributed by atoms with Crippen LogP contribution in [0.3, 0.4) is 0 Å². The predicted molar refractivity (Wildman–Crippen MR) is 79.8 cm³/mol. The zero-order valence-electron chi connectivity index (χ0n) is 12.6. The maximum Gasteiger partial charge on any atom is 0.337 e. The van der Waals surface area contributed by atoms with E-state index < -0.39 is 0 Å². The van der Waals surface area contributed by atoms with Crippen molar-refractivity contribution in [1.29, 1.82) is 0 Å². The summed E-state index contributed by atoms with van der Waals surface area (Å²) in [6.45, 7) is 6.54. The molecule has 0 spiro atoms. The number of likely N-dealkylation sites (N-methyl/N-ethyl adjacent to an activating group) is 1. The second-order valence-electron chi connectivity index (χ2n) is 5.47. The van der Waals surface area contributed by atoms with E-state index in [0.717, 1.165) is 26.2 Å². The zero-order valence-corrected chi connectivity index (χ0v) is 12.6. The van der Waals surface area contributed by atoms with Crippen molar-refractivity contribution in [2.75, 3.05) is 33.8 Å². The molecule has 110 valence electrons. The van der Waals surface area contributed by atoms with Crippen LogP contribution in [-0.2, 0) is 11.3 Å². The summed E-state index contributed by atoms with van der Waals surface area (Å²) in [6.07, 6.45) is 1.19. The van der Waals surface area contributed by atoms with E-state index in [9.17, 15) is 4.79 Å². The Morgan fingerprint density at radius 1 is 1.30 bits per heavy atom. The van der Waals surface area contributed by atoms with Gasteiger partial charge in [-0.3, -0.25) is 4.90 Å². The normalized spacial score (nSPS) is 20.9. The van der Waals surface area contributed by atoms with Crippen LogP contribution >= 0.6 is 0 Å². The Balaban J connectivity index is 1.95. The highest BCUT2D eigenvalue weighted by Crippen LogP contribution is 2.14. The first-order valence-electron chi connectivity index (χ1n) is 7.24. The molecule has 1 aromatic rings. The number of esters is 1. The molecule has 4 nitrogen and oxygen atoms in total. The third-order valence-corrected chi connectivity index (χ3v) is 4.11. The Hall–Kier alpha value is -1.39. The van der Waals surface area contributed by atoms with E-state index in [2.05, 4.69) is 23.8 Å². The average Bonchev–Trinajstić information content (AvgIpc) is 2.49. The van der Waals surface area contributed by atoms with Gasteiger partial charge in [-0.05, 0) is 31.2 Å². The minimum Gasteiger partial charge on any atom is -0.465 e. The van der Waals surface area contributed by atoms with Crippen molar-refractivity contribution in [3.8, 4) is 0 Å². The summed E-state index contributed by atoms with van der Waals surface area (Å²) in [6, 6.07) is 8.37. The van der Waals surface area contributed by atoms with Crippen molar-refractivity contribution >= 4 is 5.97 Å². The Kier molecular flexibility index (Phi) is 5.15. The van der Waals surface area contributed by atoms with Gasteiger partial charge in [-0.2, -0.15) is 0 Å². The number of nitrogens with zero attached hydrogens (tertiary/aromatic N) is 2. The first kappa shape index (κ1) is 15.0. The molecule has 0 radical (unpaired) electrons. The first-order chi connectivity index (χ1) is 9.63. The van der Waals surface area contributed by atoms with Gasteiger partial charge in [-0.25, -0.2) is 4.79 Å². The summed E-state index contributed by atoms with van der Waals surface area (Å²) in [5.41, 5.74) is 1.86. The number of carbonyl (C=O) groups is 1. The molecule has 1 saturated heterocycles. The van der Waals surface area contributed by atoms with E-state index >= 15 is 0 Å². The lowest BCUT2D eigenvalue weighted by Crippen LogP contribution is -2.50. The number of methoxy groups -OCH3 is 1. The Bertz CT molecular complexity index is 444. The number of piperazine rings is 1. The predicted octanol–water partition coefficient (Wildman–Crippen LogP) is 2.00. The molecule has 1 heterocycles. The Morgan fingerprint density at radius 2 is 2.00 bits per heavy atom. The molecule has 4 heteroatoms. The molecule has 20 heavy (non-hydrogen) atoms. The van der Waals surface area contributed by atoms with Crippen LogP contribution in [-0.4, -0.2) is 55.6 Å². The van der Waals surface area contributed by atoms with E-state index in [1.165, 1.54) is 19.1 Å². The van der Waals surface area contributed by atoms with Crippen molar-refractivity contribution in [3.63, 3.8) is 0 Å². The highest BCUT2D eigenvalue weighted by molar-refractivity contribution is 5.89. The van der Waals surface area contributed by atoms with Crippen LogP contribution in [0.25, 0.3) is 0 Å². The van der Waals surface area contributed by atoms with Crippen LogP contribution < -0.4 is 0 Å². The van der Waals surface area contributed by atoms with Gasteiger partial charge < -0.3 is 9.64 Å². The fourth-order valence-corrected chi connectivity index (χ4v) is 2.72. The second kappa shape index (κ2) is 6.86. The molecule has 0 aliphatic carbocycles. The molecule has 0 aromatic heterocycles. The van der Waals surface area contributed by atoms with Gasteiger partial charge in [0, 0.05) is 32.2 Å². The van der Waals surface area contributed by atoms with Crippen LogP contribution in [0.1, 0.15) is 29.3 Å². The van der Waals surface area contributed by atoms with Crippen LogP contribution in [0.2, 0.25) is 0 Å². The molecule has 2 rings (SSSR count). The van der Waals surface area contributed by atoms with Crippen molar-refractivity contribution in [2.45, 2.75) is 25.9 Å². The Labute approximate surface area is 121 Å². The quantitative estimate of drug-likeness (QED) is 0.788. The third kappa shape index (κ3) is 3.58. The minimum absolute atomic E-state index is 0.276.